The van der Waals surface area contributed by atoms with Crippen molar-refractivity contribution in [3.63, 3.8) is 0 Å². The van der Waals surface area contributed by atoms with Crippen molar-refractivity contribution < 1.29 is 45.2 Å². The second-order valence-electron chi connectivity index (χ2n) is 12.8. The van der Waals surface area contributed by atoms with Crippen LogP contribution in [0.15, 0.2) is 115 Å². The fraction of sp³-hybridized carbons (Fsp3) is 0.0952. The zero-order chi connectivity index (χ0) is 35.4. The number of benzene rings is 6. The van der Waals surface area contributed by atoms with Gasteiger partial charge in [-0.25, -0.2) is 0 Å². The van der Waals surface area contributed by atoms with E-state index in [2.05, 4.69) is 0 Å². The SMILES string of the molecule is Oc1ccc(/C=C/c2cc(O)cc3c2[C@H](c2cc(O)cc4c2C(c2cc(O)cc(O)c2)[C@H](c2ccc(O)cc2)O4)[C@@H](c2ccc(O)cc2)O3)cc1. The standard InChI is InChI=1S/C42H32O9/c43-27-9-2-22(3-10-27)1-4-25-15-32(48)20-35-37(25)40(42(50-35)24-7-13-29(45)14-8-24)34-19-33(49)21-36-39(34)38(26-16-30(46)18-31(47)17-26)41(51-36)23-5-11-28(44)12-6-23/h1-21,38,40-49H/b4-1+/t38?,40-,41-,42+/m0/s1. The van der Waals surface area contributed by atoms with Crippen LogP contribution >= 0.6 is 0 Å². The smallest absolute Gasteiger partial charge is 0.135 e. The Hall–Kier alpha value is -6.74. The summed E-state index contributed by atoms with van der Waals surface area (Å²) >= 11 is 0. The fourth-order valence-corrected chi connectivity index (χ4v) is 7.31. The highest BCUT2D eigenvalue weighted by molar-refractivity contribution is 5.76. The third-order valence-electron chi connectivity index (χ3n) is 9.46. The Morgan fingerprint density at radius 2 is 0.863 bits per heavy atom. The second-order valence-corrected chi connectivity index (χ2v) is 12.8. The van der Waals surface area contributed by atoms with Gasteiger partial charge in [0.25, 0.3) is 0 Å². The molecule has 0 bridgehead atoms. The molecule has 0 radical (unpaired) electrons. The molecule has 0 spiro atoms. The predicted octanol–water partition coefficient (Wildman–Crippen LogP) is 8.33. The molecule has 7 N–H and O–H groups in total. The molecule has 6 aromatic carbocycles. The average molecular weight is 681 g/mol. The van der Waals surface area contributed by atoms with Gasteiger partial charge in [-0.3, -0.25) is 0 Å². The van der Waals surface area contributed by atoms with Gasteiger partial charge in [0, 0.05) is 29.3 Å². The van der Waals surface area contributed by atoms with Gasteiger partial charge in [0.05, 0.1) is 11.8 Å². The Morgan fingerprint density at radius 1 is 0.392 bits per heavy atom. The predicted molar refractivity (Wildman–Crippen MR) is 190 cm³/mol. The molecule has 0 amide bonds. The minimum atomic E-state index is -0.694. The molecule has 8 rings (SSSR count). The van der Waals surface area contributed by atoms with E-state index in [0.717, 1.165) is 16.7 Å². The highest BCUT2D eigenvalue weighted by Gasteiger charge is 2.46. The summed E-state index contributed by atoms with van der Waals surface area (Å²) in [6, 6.07) is 30.7. The minimum absolute atomic E-state index is 0.0193. The summed E-state index contributed by atoms with van der Waals surface area (Å²) < 4.78 is 13.3. The summed E-state index contributed by atoms with van der Waals surface area (Å²) in [7, 11) is 0. The quantitative estimate of drug-likeness (QED) is 0.0858. The van der Waals surface area contributed by atoms with Crippen molar-refractivity contribution in [2.45, 2.75) is 24.0 Å². The lowest BCUT2D eigenvalue weighted by Gasteiger charge is -2.26. The summed E-state index contributed by atoms with van der Waals surface area (Å²) in [5, 5.41) is 73.4. The maximum absolute atomic E-state index is 11.3. The van der Waals surface area contributed by atoms with Crippen LogP contribution in [0.4, 0.5) is 0 Å². The Morgan fingerprint density at radius 3 is 1.43 bits per heavy atom. The monoisotopic (exact) mass is 680 g/mol. The first-order valence-electron chi connectivity index (χ1n) is 16.3. The van der Waals surface area contributed by atoms with Crippen molar-refractivity contribution in [1.82, 2.24) is 0 Å². The van der Waals surface area contributed by atoms with Crippen molar-refractivity contribution in [3.8, 4) is 51.7 Å². The molecule has 9 heteroatoms. The first-order chi connectivity index (χ1) is 24.6. The van der Waals surface area contributed by atoms with E-state index in [-0.39, 0.29) is 40.2 Å². The molecule has 0 fully saturated rings. The van der Waals surface area contributed by atoms with Crippen molar-refractivity contribution in [2.24, 2.45) is 0 Å². The van der Waals surface area contributed by atoms with Crippen LogP contribution in [-0.2, 0) is 0 Å². The van der Waals surface area contributed by atoms with Crippen molar-refractivity contribution in [2.75, 3.05) is 0 Å². The lowest BCUT2D eigenvalue weighted by Crippen LogP contribution is -2.16. The van der Waals surface area contributed by atoms with Crippen LogP contribution in [0.5, 0.6) is 51.7 Å². The summed E-state index contributed by atoms with van der Waals surface area (Å²) in [4.78, 5) is 0. The molecule has 9 nitrogen and oxygen atoms in total. The lowest BCUT2D eigenvalue weighted by atomic mass is 9.75. The molecule has 1 unspecified atom stereocenters. The van der Waals surface area contributed by atoms with Crippen LogP contribution in [0.1, 0.15) is 68.6 Å². The molecule has 4 atom stereocenters. The molecule has 2 heterocycles. The molecule has 2 aliphatic heterocycles. The Kier molecular flexibility index (Phi) is 7.60. The van der Waals surface area contributed by atoms with E-state index in [9.17, 15) is 35.7 Å². The van der Waals surface area contributed by atoms with Crippen LogP contribution in [0.3, 0.4) is 0 Å². The van der Waals surface area contributed by atoms with E-state index < -0.39 is 24.0 Å². The number of aromatic hydroxyl groups is 7. The third kappa shape index (κ3) is 5.84. The van der Waals surface area contributed by atoms with Gasteiger partial charge in [-0.05, 0) is 94.0 Å². The van der Waals surface area contributed by atoms with Gasteiger partial charge in [-0.15, -0.1) is 0 Å². The first-order valence-corrected chi connectivity index (χ1v) is 16.3. The number of hydrogen-bond donors (Lipinski definition) is 7. The fourth-order valence-electron chi connectivity index (χ4n) is 7.31. The largest absolute Gasteiger partial charge is 0.508 e. The van der Waals surface area contributed by atoms with Gasteiger partial charge in [-0.2, -0.15) is 0 Å². The lowest BCUT2D eigenvalue weighted by molar-refractivity contribution is 0.219. The van der Waals surface area contributed by atoms with Gasteiger partial charge in [0.1, 0.15) is 64.0 Å². The highest BCUT2D eigenvalue weighted by Crippen LogP contribution is 2.59. The van der Waals surface area contributed by atoms with Crippen LogP contribution in [-0.4, -0.2) is 35.7 Å². The summed E-state index contributed by atoms with van der Waals surface area (Å²) in [5.74, 6) is -0.504. The van der Waals surface area contributed by atoms with Crippen LogP contribution < -0.4 is 9.47 Å². The van der Waals surface area contributed by atoms with Crippen LogP contribution in [0.25, 0.3) is 12.2 Å². The number of fused-ring (bicyclic) bond motifs is 2. The van der Waals surface area contributed by atoms with Crippen molar-refractivity contribution >= 4 is 12.2 Å². The van der Waals surface area contributed by atoms with Gasteiger partial charge < -0.3 is 45.2 Å². The number of phenolic OH excluding ortho intramolecular Hbond substituents is 7. The summed E-state index contributed by atoms with van der Waals surface area (Å²) in [6.45, 7) is 0. The first kappa shape index (κ1) is 31.5. The van der Waals surface area contributed by atoms with Crippen LogP contribution in [0, 0.1) is 0 Å². The molecule has 6 aromatic rings. The van der Waals surface area contributed by atoms with Gasteiger partial charge >= 0.3 is 0 Å². The minimum Gasteiger partial charge on any atom is -0.508 e. The van der Waals surface area contributed by atoms with E-state index in [4.69, 9.17) is 9.47 Å². The van der Waals surface area contributed by atoms with Crippen molar-refractivity contribution in [1.29, 1.82) is 0 Å². The average Bonchev–Trinajstić information content (AvgIpc) is 3.67. The number of hydrogen-bond acceptors (Lipinski definition) is 9. The molecule has 0 saturated carbocycles. The van der Waals surface area contributed by atoms with E-state index in [0.29, 0.717) is 39.3 Å². The maximum atomic E-state index is 11.3. The van der Waals surface area contributed by atoms with Gasteiger partial charge in [-0.1, -0.05) is 48.6 Å². The Labute approximate surface area is 292 Å². The van der Waals surface area contributed by atoms with Gasteiger partial charge in [0.15, 0.2) is 0 Å². The Balaban J connectivity index is 1.37. The molecule has 0 saturated heterocycles. The number of ether oxygens (including phenoxy) is 2. The topological polar surface area (TPSA) is 160 Å². The van der Waals surface area contributed by atoms with E-state index >= 15 is 0 Å². The number of rotatable bonds is 6. The van der Waals surface area contributed by atoms with E-state index in [1.54, 1.807) is 103 Å². The van der Waals surface area contributed by atoms with E-state index in [1.807, 2.05) is 12.2 Å². The molecule has 254 valence electrons. The second kappa shape index (κ2) is 12.3. The van der Waals surface area contributed by atoms with Crippen LogP contribution in [0.2, 0.25) is 0 Å². The highest BCUT2D eigenvalue weighted by atomic mass is 16.5. The zero-order valence-electron chi connectivity index (χ0n) is 26.9. The van der Waals surface area contributed by atoms with E-state index in [1.165, 1.54) is 12.1 Å². The Bertz CT molecular complexity index is 2270. The zero-order valence-corrected chi connectivity index (χ0v) is 26.9. The maximum Gasteiger partial charge on any atom is 0.135 e. The molecule has 0 aliphatic carbocycles. The molecular formula is C42H32O9. The molecule has 0 aromatic heterocycles. The molecule has 51 heavy (non-hydrogen) atoms. The van der Waals surface area contributed by atoms with Crippen molar-refractivity contribution in [3.05, 3.63) is 160 Å². The molecule has 2 aliphatic rings. The third-order valence-corrected chi connectivity index (χ3v) is 9.46. The van der Waals surface area contributed by atoms with Gasteiger partial charge in [0.2, 0.25) is 0 Å². The normalized spacial score (nSPS) is 19.0. The molecular weight excluding hydrogens is 648 g/mol. The summed E-state index contributed by atoms with van der Waals surface area (Å²) in [6.07, 6.45) is 2.32. The summed E-state index contributed by atoms with van der Waals surface area (Å²) in [5.41, 5.74) is 5.48. The number of phenols is 7.